The van der Waals surface area contributed by atoms with E-state index >= 15 is 0 Å². The summed E-state index contributed by atoms with van der Waals surface area (Å²) in [6.45, 7) is 0.219. The number of anilines is 2. The summed E-state index contributed by atoms with van der Waals surface area (Å²) in [6.07, 6.45) is 1.86. The first-order chi connectivity index (χ1) is 17.3. The number of aromatic nitrogens is 2. The molecule has 180 valence electrons. The van der Waals surface area contributed by atoms with Gasteiger partial charge in [-0.2, -0.15) is 0 Å². The molecule has 3 N–H and O–H groups in total. The average Bonchev–Trinajstić information content (AvgIpc) is 3.23. The smallest absolute Gasteiger partial charge is 0.352 e. The first-order valence-electron chi connectivity index (χ1n) is 10.9. The molecule has 0 atom stereocenters. The van der Waals surface area contributed by atoms with Crippen molar-refractivity contribution in [2.45, 2.75) is 6.42 Å². The molecule has 36 heavy (non-hydrogen) atoms. The number of H-pyrrole nitrogens is 1. The standard InChI is InChI=1S/C26H18ClFN4O4/c27-23-19(2-1-10-29-23)24(33)30-17-6-3-14(4-7-17)25(34)32-11-9-15-12-20(26(35)36)31-22(15)18-8-5-16(28)13-21(18)32/h1-8,10,12-13,31H,9,11H2,(H,30,33)(H,35,36). The third kappa shape index (κ3) is 4.32. The van der Waals surface area contributed by atoms with Crippen LogP contribution in [-0.2, 0) is 6.42 Å². The molecule has 3 heterocycles. The summed E-state index contributed by atoms with van der Waals surface area (Å²) in [5.41, 5.74) is 3.17. The number of pyridine rings is 1. The number of nitrogens with zero attached hydrogens (tertiary/aromatic N) is 2. The van der Waals surface area contributed by atoms with Crippen molar-refractivity contribution < 1.29 is 23.9 Å². The fourth-order valence-corrected chi connectivity index (χ4v) is 4.36. The van der Waals surface area contributed by atoms with Crippen molar-refractivity contribution in [3.8, 4) is 11.3 Å². The number of hydrogen-bond donors (Lipinski definition) is 3. The highest BCUT2D eigenvalue weighted by molar-refractivity contribution is 6.33. The van der Waals surface area contributed by atoms with Crippen molar-refractivity contribution in [1.82, 2.24) is 9.97 Å². The van der Waals surface area contributed by atoms with Gasteiger partial charge in [-0.05, 0) is 72.6 Å². The molecule has 4 aromatic rings. The van der Waals surface area contributed by atoms with Crippen molar-refractivity contribution in [2.75, 3.05) is 16.8 Å². The Morgan fingerprint density at radius 2 is 1.86 bits per heavy atom. The summed E-state index contributed by atoms with van der Waals surface area (Å²) >= 11 is 5.97. The number of amides is 2. The van der Waals surface area contributed by atoms with Gasteiger partial charge in [-0.1, -0.05) is 11.6 Å². The van der Waals surface area contributed by atoms with Gasteiger partial charge in [-0.25, -0.2) is 14.2 Å². The van der Waals surface area contributed by atoms with Crippen LogP contribution >= 0.6 is 11.6 Å². The van der Waals surface area contributed by atoms with E-state index in [1.54, 1.807) is 36.4 Å². The summed E-state index contributed by atoms with van der Waals surface area (Å²) in [5, 5.41) is 12.1. The Morgan fingerprint density at radius 3 is 2.58 bits per heavy atom. The number of carbonyl (C=O) groups is 3. The molecule has 5 rings (SSSR count). The van der Waals surface area contributed by atoms with Crippen molar-refractivity contribution >= 4 is 40.8 Å². The van der Waals surface area contributed by atoms with E-state index in [0.29, 0.717) is 34.6 Å². The first kappa shape index (κ1) is 23.3. The zero-order chi connectivity index (χ0) is 25.4. The maximum Gasteiger partial charge on any atom is 0.352 e. The van der Waals surface area contributed by atoms with Gasteiger partial charge in [0.1, 0.15) is 16.7 Å². The van der Waals surface area contributed by atoms with Crippen LogP contribution in [0.1, 0.15) is 36.8 Å². The molecule has 2 amide bonds. The van der Waals surface area contributed by atoms with Gasteiger partial charge in [0.25, 0.3) is 11.8 Å². The SMILES string of the molecule is O=C(O)c1cc2c([nH]1)-c1ccc(F)cc1N(C(=O)c1ccc(NC(=O)c3cccnc3Cl)cc1)CC2. The number of benzene rings is 2. The fourth-order valence-electron chi connectivity index (χ4n) is 4.16. The van der Waals surface area contributed by atoms with Crippen LogP contribution in [0.25, 0.3) is 11.3 Å². The molecule has 0 saturated carbocycles. The summed E-state index contributed by atoms with van der Waals surface area (Å²) in [5.74, 6) is -2.42. The number of rotatable bonds is 4. The Bertz CT molecular complexity index is 1520. The number of aromatic amines is 1. The van der Waals surface area contributed by atoms with Crippen LogP contribution in [0.3, 0.4) is 0 Å². The lowest BCUT2D eigenvalue weighted by atomic mass is 10.1. The van der Waals surface area contributed by atoms with E-state index < -0.39 is 17.7 Å². The van der Waals surface area contributed by atoms with Gasteiger partial charge in [0, 0.05) is 29.6 Å². The molecule has 2 aromatic heterocycles. The van der Waals surface area contributed by atoms with E-state index in [4.69, 9.17) is 11.6 Å². The molecule has 0 bridgehead atoms. The monoisotopic (exact) mass is 504 g/mol. The fraction of sp³-hybridized carbons (Fsp3) is 0.0769. The molecule has 0 spiro atoms. The van der Waals surface area contributed by atoms with Crippen molar-refractivity contribution in [3.63, 3.8) is 0 Å². The Hall–Kier alpha value is -4.50. The zero-order valence-corrected chi connectivity index (χ0v) is 19.3. The van der Waals surface area contributed by atoms with E-state index in [9.17, 15) is 23.9 Å². The summed E-state index contributed by atoms with van der Waals surface area (Å²) < 4.78 is 14.2. The van der Waals surface area contributed by atoms with Crippen LogP contribution in [0.4, 0.5) is 15.8 Å². The summed E-state index contributed by atoms with van der Waals surface area (Å²) in [4.78, 5) is 45.6. The number of carboxylic acids is 1. The maximum atomic E-state index is 14.2. The van der Waals surface area contributed by atoms with Gasteiger partial charge in [0.2, 0.25) is 0 Å². The van der Waals surface area contributed by atoms with E-state index in [2.05, 4.69) is 15.3 Å². The highest BCUT2D eigenvalue weighted by Gasteiger charge is 2.28. The molecule has 10 heteroatoms. The van der Waals surface area contributed by atoms with Gasteiger partial charge in [0.15, 0.2) is 0 Å². The largest absolute Gasteiger partial charge is 0.477 e. The van der Waals surface area contributed by atoms with E-state index in [-0.39, 0.29) is 28.9 Å². The van der Waals surface area contributed by atoms with Gasteiger partial charge < -0.3 is 20.3 Å². The molecule has 8 nitrogen and oxygen atoms in total. The molecule has 0 unspecified atom stereocenters. The lowest BCUT2D eigenvalue weighted by molar-refractivity contribution is 0.0690. The second kappa shape index (κ2) is 9.27. The molecule has 2 aromatic carbocycles. The Morgan fingerprint density at radius 1 is 1.08 bits per heavy atom. The minimum Gasteiger partial charge on any atom is -0.477 e. The van der Waals surface area contributed by atoms with Crippen LogP contribution in [0.2, 0.25) is 5.15 Å². The highest BCUT2D eigenvalue weighted by Crippen LogP contribution is 2.37. The number of carboxylic acid groups (broad SMARTS) is 1. The Balaban J connectivity index is 1.42. The lowest BCUT2D eigenvalue weighted by Crippen LogP contribution is -2.32. The van der Waals surface area contributed by atoms with Crippen LogP contribution in [0.5, 0.6) is 0 Å². The lowest BCUT2D eigenvalue weighted by Gasteiger charge is -2.23. The summed E-state index contributed by atoms with van der Waals surface area (Å²) in [7, 11) is 0. The molecule has 1 aliphatic rings. The molecule has 0 saturated heterocycles. The minimum absolute atomic E-state index is 0.0280. The Kier molecular flexibility index (Phi) is 5.99. The number of halogens is 2. The minimum atomic E-state index is -1.10. The van der Waals surface area contributed by atoms with Crippen LogP contribution < -0.4 is 10.2 Å². The highest BCUT2D eigenvalue weighted by atomic mass is 35.5. The molecular weight excluding hydrogens is 487 g/mol. The number of aromatic carboxylic acids is 1. The zero-order valence-electron chi connectivity index (χ0n) is 18.6. The molecule has 0 radical (unpaired) electrons. The quantitative estimate of drug-likeness (QED) is 0.337. The van der Waals surface area contributed by atoms with Crippen LogP contribution in [0, 0.1) is 5.82 Å². The van der Waals surface area contributed by atoms with E-state index in [0.717, 1.165) is 5.56 Å². The third-order valence-electron chi connectivity index (χ3n) is 5.89. The van der Waals surface area contributed by atoms with Gasteiger partial charge in [-0.15, -0.1) is 0 Å². The molecule has 0 aliphatic carbocycles. The normalized spacial score (nSPS) is 12.3. The Labute approximate surface area is 209 Å². The number of hydrogen-bond acceptors (Lipinski definition) is 4. The number of fused-ring (bicyclic) bond motifs is 3. The topological polar surface area (TPSA) is 115 Å². The van der Waals surface area contributed by atoms with Crippen molar-refractivity contribution in [1.29, 1.82) is 0 Å². The molecular formula is C26H18ClFN4O4. The first-order valence-corrected chi connectivity index (χ1v) is 11.3. The second-order valence-corrected chi connectivity index (χ2v) is 8.49. The molecule has 0 fully saturated rings. The van der Waals surface area contributed by atoms with Gasteiger partial charge in [0.05, 0.1) is 16.9 Å². The molecule has 1 aliphatic heterocycles. The summed E-state index contributed by atoms with van der Waals surface area (Å²) in [6, 6.07) is 15.0. The third-order valence-corrected chi connectivity index (χ3v) is 6.19. The number of nitrogens with one attached hydrogen (secondary N) is 2. The van der Waals surface area contributed by atoms with E-state index in [1.165, 1.54) is 35.4 Å². The van der Waals surface area contributed by atoms with Crippen LogP contribution in [0.15, 0.2) is 66.9 Å². The van der Waals surface area contributed by atoms with Crippen molar-refractivity contribution in [2.24, 2.45) is 0 Å². The van der Waals surface area contributed by atoms with E-state index in [1.807, 2.05) is 0 Å². The average molecular weight is 505 g/mol. The predicted octanol–water partition coefficient (Wildman–Crippen LogP) is 5.02. The maximum absolute atomic E-state index is 14.2. The predicted molar refractivity (Wildman–Crippen MR) is 132 cm³/mol. The second-order valence-electron chi connectivity index (χ2n) is 8.13. The van der Waals surface area contributed by atoms with Gasteiger partial charge >= 0.3 is 5.97 Å². The number of carbonyl (C=O) groups excluding carboxylic acids is 2. The van der Waals surface area contributed by atoms with Gasteiger partial charge in [-0.3, -0.25) is 9.59 Å². The van der Waals surface area contributed by atoms with Crippen molar-refractivity contribution in [3.05, 3.63) is 100 Å². The van der Waals surface area contributed by atoms with Crippen LogP contribution in [-0.4, -0.2) is 39.4 Å².